The molecule has 1 aromatic heterocycles. The van der Waals surface area contributed by atoms with Gasteiger partial charge in [-0.3, -0.25) is 38.2 Å². The number of carbonyl (C=O) groups is 7. The Kier molecular flexibility index (Phi) is 20.7. The van der Waals surface area contributed by atoms with Gasteiger partial charge in [0.25, 0.3) is 5.91 Å². The number of carbonyl (C=O) groups excluding carboxylic acids is 7. The number of Topliss-reactive ketones (excluding diaryl/α,β-unsaturated/α-hetero) is 3. The first-order chi connectivity index (χ1) is 35.7. The van der Waals surface area contributed by atoms with E-state index in [1.54, 1.807) is 52.2 Å². The molecule has 3 N–H and O–H groups in total. The van der Waals surface area contributed by atoms with Gasteiger partial charge in [-0.15, -0.1) is 5.10 Å². The van der Waals surface area contributed by atoms with Crippen LogP contribution in [0.5, 0.6) is 5.75 Å². The average molecular weight is 1030 g/mol. The van der Waals surface area contributed by atoms with Crippen molar-refractivity contribution < 1.29 is 52.3 Å². The quantitative estimate of drug-likeness (QED) is 0.0244. The zero-order valence-electron chi connectivity index (χ0n) is 45.1. The van der Waals surface area contributed by atoms with Crippen molar-refractivity contribution in [1.82, 2.24) is 30.9 Å². The molecule has 0 bridgehead atoms. The van der Waals surface area contributed by atoms with E-state index in [2.05, 4.69) is 26.3 Å². The molecule has 0 radical (unpaired) electrons. The Morgan fingerprint density at radius 1 is 0.773 bits per heavy atom. The molecule has 75 heavy (non-hydrogen) atoms. The molecule has 0 unspecified atom stereocenters. The fourth-order valence-electron chi connectivity index (χ4n) is 9.61. The number of aryl methyl sites for hydroxylation is 2. The molecule has 3 heterocycles. The summed E-state index contributed by atoms with van der Waals surface area (Å²) in [4.78, 5) is 98.4. The topological polar surface area (TPSA) is 217 Å². The summed E-state index contributed by atoms with van der Waals surface area (Å²) in [7, 11) is 1.73. The number of esters is 1. The summed E-state index contributed by atoms with van der Waals surface area (Å²) in [5.74, 6) is -4.33. The van der Waals surface area contributed by atoms with Gasteiger partial charge in [0.15, 0.2) is 17.3 Å². The summed E-state index contributed by atoms with van der Waals surface area (Å²) in [5.41, 5.74) is 2.34. The van der Waals surface area contributed by atoms with Crippen LogP contribution >= 0.6 is 0 Å². The van der Waals surface area contributed by atoms with Crippen molar-refractivity contribution in [3.05, 3.63) is 113 Å². The Hall–Kier alpha value is -6.43. The zero-order chi connectivity index (χ0) is 54.3. The third kappa shape index (κ3) is 17.6. The summed E-state index contributed by atoms with van der Waals surface area (Å²) in [5, 5.41) is 16.9. The predicted molar refractivity (Wildman–Crippen MR) is 282 cm³/mol. The number of epoxide rings is 1. The van der Waals surface area contributed by atoms with Crippen molar-refractivity contribution in [2.45, 2.75) is 124 Å². The van der Waals surface area contributed by atoms with Gasteiger partial charge in [-0.05, 0) is 80.2 Å². The van der Waals surface area contributed by atoms with E-state index in [4.69, 9.17) is 14.2 Å². The molecule has 5 atom stereocenters. The largest absolute Gasteiger partial charge is 0.425 e. The third-order valence-corrected chi connectivity index (χ3v) is 14.0. The number of quaternary nitrogens is 1. The van der Waals surface area contributed by atoms with Gasteiger partial charge < -0.3 is 34.6 Å². The lowest BCUT2D eigenvalue weighted by Crippen LogP contribution is -2.57. The van der Waals surface area contributed by atoms with E-state index in [-0.39, 0.29) is 79.5 Å². The number of benzene rings is 3. The molecule has 6 rings (SSSR count). The summed E-state index contributed by atoms with van der Waals surface area (Å²) in [6.45, 7) is 15.6. The highest BCUT2D eigenvalue weighted by atomic mass is 16.6. The Bertz CT molecular complexity index is 2590. The van der Waals surface area contributed by atoms with E-state index in [0.717, 1.165) is 16.7 Å². The Morgan fingerprint density at radius 3 is 1.99 bits per heavy atom. The summed E-state index contributed by atoms with van der Waals surface area (Å²) in [6.07, 6.45) is 3.23. The first-order valence-corrected chi connectivity index (χ1v) is 26.5. The molecule has 2 aliphatic heterocycles. The molecule has 17 heteroatoms. The van der Waals surface area contributed by atoms with E-state index in [1.807, 2.05) is 88.4 Å². The number of rotatable bonds is 29. The highest BCUT2D eigenvalue weighted by molar-refractivity contribution is 5.99. The molecular formula is C58H78N7O10+. The van der Waals surface area contributed by atoms with Crippen molar-refractivity contribution in [2.24, 2.45) is 36.6 Å². The smallest absolute Gasteiger partial charge is 0.313 e. The van der Waals surface area contributed by atoms with Crippen LogP contribution < -0.4 is 20.7 Å². The van der Waals surface area contributed by atoms with Crippen LogP contribution in [0.15, 0.2) is 85.1 Å². The van der Waals surface area contributed by atoms with Gasteiger partial charge in [-0.2, -0.15) is 0 Å². The molecule has 0 saturated carbocycles. The molecule has 404 valence electrons. The van der Waals surface area contributed by atoms with Crippen molar-refractivity contribution in [2.75, 3.05) is 39.5 Å². The van der Waals surface area contributed by atoms with Crippen LogP contribution in [0.4, 0.5) is 0 Å². The van der Waals surface area contributed by atoms with Crippen molar-refractivity contribution in [1.29, 1.82) is 0 Å². The fraction of sp³-hybridized carbons (Fsp3) is 0.534. The zero-order valence-corrected chi connectivity index (χ0v) is 45.1. The van der Waals surface area contributed by atoms with Crippen LogP contribution in [-0.4, -0.2) is 118 Å². The average Bonchev–Trinajstić information content (AvgIpc) is 3.99. The summed E-state index contributed by atoms with van der Waals surface area (Å²) in [6, 6.07) is 22.5. The number of morpholine rings is 1. The number of nitrogens with zero attached hydrogens (tertiary/aromatic N) is 4. The molecule has 3 aromatic carbocycles. The maximum absolute atomic E-state index is 14.7. The van der Waals surface area contributed by atoms with Gasteiger partial charge in [-0.1, -0.05) is 107 Å². The van der Waals surface area contributed by atoms with Crippen LogP contribution in [0.3, 0.4) is 0 Å². The lowest BCUT2D eigenvalue weighted by molar-refractivity contribution is -0.940. The van der Waals surface area contributed by atoms with Gasteiger partial charge in [0.2, 0.25) is 11.8 Å². The molecular weight excluding hydrogens is 955 g/mol. The second kappa shape index (κ2) is 26.9. The molecule has 2 fully saturated rings. The van der Waals surface area contributed by atoms with Gasteiger partial charge >= 0.3 is 5.97 Å². The number of nitrogens with one attached hydrogen (secondary N) is 3. The van der Waals surface area contributed by atoms with Gasteiger partial charge in [-0.25, -0.2) is 0 Å². The molecule has 2 aliphatic rings. The molecule has 3 amide bonds. The molecule has 0 aliphatic carbocycles. The molecule has 4 aromatic rings. The highest BCUT2D eigenvalue weighted by Gasteiger charge is 2.50. The number of amides is 3. The normalized spacial score (nSPS) is 17.6. The van der Waals surface area contributed by atoms with E-state index in [1.165, 1.54) is 4.68 Å². The molecule has 2 saturated heterocycles. The summed E-state index contributed by atoms with van der Waals surface area (Å²) >= 11 is 0. The second-order valence-corrected chi connectivity index (χ2v) is 22.0. The van der Waals surface area contributed by atoms with Crippen LogP contribution in [0, 0.1) is 29.6 Å². The van der Waals surface area contributed by atoms with E-state index in [9.17, 15) is 33.6 Å². The lowest BCUT2D eigenvalue weighted by atomic mass is 9.87. The summed E-state index contributed by atoms with van der Waals surface area (Å²) < 4.78 is 18.8. The number of hydrogen-bond acceptors (Lipinski definition) is 12. The molecule has 17 nitrogen and oxygen atoms in total. The Morgan fingerprint density at radius 2 is 1.39 bits per heavy atom. The number of ether oxygens (including phenoxy) is 3. The second-order valence-electron chi connectivity index (χ2n) is 22.0. The van der Waals surface area contributed by atoms with Crippen molar-refractivity contribution in [3.8, 4) is 5.75 Å². The van der Waals surface area contributed by atoms with Gasteiger partial charge in [0.05, 0.1) is 49.9 Å². The SMILES string of the molecule is CC(C)C[C@H](NC(=O)[C@H](CCc1ccccc1)CC(=O)C[N+]1(Cc2ccc(OC(=O)C(C)C)c(C(=O)NCc3cn(C)nn3)c2)CCOCC1)C(=O)C[C@@H](Cc1ccccc1)C(=O)N[C@@H](CC(C)C)C(=O)[C@@]1(C)CO1. The highest BCUT2D eigenvalue weighted by Crippen LogP contribution is 2.31. The first-order valence-electron chi connectivity index (χ1n) is 26.5. The predicted octanol–water partition coefficient (Wildman–Crippen LogP) is 6.10. The Balaban J connectivity index is 1.22. The third-order valence-electron chi connectivity index (χ3n) is 14.0. The van der Waals surface area contributed by atoms with Crippen LogP contribution in [0.2, 0.25) is 0 Å². The number of aromatic nitrogens is 3. The van der Waals surface area contributed by atoms with E-state index >= 15 is 0 Å². The minimum Gasteiger partial charge on any atom is -0.425 e. The van der Waals surface area contributed by atoms with E-state index in [0.29, 0.717) is 68.7 Å². The van der Waals surface area contributed by atoms with Crippen LogP contribution in [-0.2, 0) is 71.2 Å². The maximum Gasteiger partial charge on any atom is 0.313 e. The van der Waals surface area contributed by atoms with Crippen LogP contribution in [0.25, 0.3) is 0 Å². The fourth-order valence-corrected chi connectivity index (χ4v) is 9.61. The Labute approximate surface area is 441 Å². The van der Waals surface area contributed by atoms with E-state index < -0.39 is 59.1 Å². The number of hydrogen-bond donors (Lipinski definition) is 3. The lowest BCUT2D eigenvalue weighted by Gasteiger charge is -2.41. The first kappa shape index (κ1) is 57.8. The monoisotopic (exact) mass is 1030 g/mol. The standard InChI is InChI=1S/C58H77N7O10/c1-38(2)27-49(51(67)32-45(29-42-17-13-10-14-18-42)55(70)61-50(28-39(3)4)53(68)58(7)37-74-58)60-54(69)44(21-19-41-15-11-9-12-16-41)31-47(66)36-65(23-25-73-26-24-65)35-43-20-22-52(75-57(72)40(5)6)48(30-43)56(71)59-33-46-34-64(8)63-62-46/h9-18,20,22,30,34,38-40,44-45,49-50H,19,21,23-29,31-33,35-37H2,1-8H3,(H2-,59,60,61,69,70,71)/p+1/t44-,45-,49+,50+,58-/m1/s1. The van der Waals surface area contributed by atoms with Crippen molar-refractivity contribution in [3.63, 3.8) is 0 Å². The van der Waals surface area contributed by atoms with Gasteiger partial charge in [0, 0.05) is 43.5 Å². The molecule has 0 spiro atoms. The van der Waals surface area contributed by atoms with Crippen molar-refractivity contribution >= 4 is 41.0 Å². The minimum atomic E-state index is -0.949. The maximum atomic E-state index is 14.7. The van der Waals surface area contributed by atoms with Gasteiger partial charge in [0.1, 0.15) is 43.2 Å². The van der Waals surface area contributed by atoms with Crippen LogP contribution in [0.1, 0.15) is 113 Å². The number of ketones is 3. The minimum absolute atomic E-state index is 0.0101.